The van der Waals surface area contributed by atoms with Crippen molar-refractivity contribution >= 4 is 17.9 Å². The highest BCUT2D eigenvalue weighted by Crippen LogP contribution is 2.23. The van der Waals surface area contributed by atoms with Gasteiger partial charge >= 0.3 is 17.9 Å². The van der Waals surface area contributed by atoms with Gasteiger partial charge < -0.3 is 39.4 Å². The summed E-state index contributed by atoms with van der Waals surface area (Å²) in [6.45, 7) is 3.76. The molecule has 1 heterocycles. The number of aliphatic carboxylic acids is 1. The number of ether oxygens (including phenoxy) is 4. The van der Waals surface area contributed by atoms with Crippen LogP contribution in [0, 0.1) is 0 Å². The highest BCUT2D eigenvalue weighted by atomic mass is 16.7. The van der Waals surface area contributed by atoms with Crippen LogP contribution in [-0.4, -0.2) is 88.4 Å². The van der Waals surface area contributed by atoms with E-state index in [4.69, 9.17) is 18.9 Å². The Morgan fingerprint density at radius 3 is 1.52 bits per heavy atom. The Morgan fingerprint density at radius 1 is 0.554 bits per heavy atom. The van der Waals surface area contributed by atoms with Crippen LogP contribution in [0.25, 0.3) is 0 Å². The summed E-state index contributed by atoms with van der Waals surface area (Å²) < 4.78 is 21.7. The third kappa shape index (κ3) is 27.1. The molecule has 1 fully saturated rings. The van der Waals surface area contributed by atoms with Gasteiger partial charge in [0.1, 0.15) is 24.9 Å². The van der Waals surface area contributed by atoms with E-state index in [-0.39, 0.29) is 19.4 Å². The third-order valence-corrected chi connectivity index (χ3v) is 9.96. The fourth-order valence-electron chi connectivity index (χ4n) is 6.43. The van der Waals surface area contributed by atoms with E-state index in [0.29, 0.717) is 12.8 Å². The zero-order valence-electron chi connectivity index (χ0n) is 34.9. The van der Waals surface area contributed by atoms with E-state index in [1.807, 2.05) is 0 Å². The van der Waals surface area contributed by atoms with E-state index in [2.05, 4.69) is 50.3 Å². The molecule has 4 N–H and O–H groups in total. The maximum atomic E-state index is 12.7. The maximum Gasteiger partial charge on any atom is 0.335 e. The van der Waals surface area contributed by atoms with Gasteiger partial charge in [0.05, 0.1) is 6.61 Å². The first-order valence-electron chi connectivity index (χ1n) is 22.0. The Balaban J connectivity index is 2.40. The van der Waals surface area contributed by atoms with Gasteiger partial charge in [0, 0.05) is 12.8 Å². The number of allylic oxidation sites excluding steroid dienone is 6. The molecular weight excluding hydrogens is 716 g/mol. The van der Waals surface area contributed by atoms with Crippen molar-refractivity contribution in [2.75, 3.05) is 13.2 Å². The summed E-state index contributed by atoms with van der Waals surface area (Å²) in [5, 5.41) is 39.8. The molecule has 1 aliphatic heterocycles. The predicted octanol–water partition coefficient (Wildman–Crippen LogP) is 9.20. The molecule has 0 aliphatic carbocycles. The van der Waals surface area contributed by atoms with E-state index in [9.17, 15) is 34.8 Å². The SMILES string of the molecule is CCCCCC/C=C\C/C=C\CCCCCCCC(=O)OCC(COC1OC(C(=O)O)C(O)C(O)C1O)OC(=O)CCCCCCC/C=C\CCCCCCC. The largest absolute Gasteiger partial charge is 0.479 e. The molecule has 0 spiro atoms. The number of aliphatic hydroxyl groups is 3. The van der Waals surface area contributed by atoms with Crippen LogP contribution < -0.4 is 0 Å². The first kappa shape index (κ1) is 51.4. The highest BCUT2D eigenvalue weighted by Gasteiger charge is 2.47. The molecule has 1 rings (SSSR count). The molecule has 11 heteroatoms. The lowest BCUT2D eigenvalue weighted by Gasteiger charge is -2.38. The normalized spacial score (nSPS) is 20.6. The number of hydrogen-bond donors (Lipinski definition) is 4. The molecule has 324 valence electrons. The molecule has 6 unspecified atom stereocenters. The summed E-state index contributed by atoms with van der Waals surface area (Å²) in [5.41, 5.74) is 0. The minimum Gasteiger partial charge on any atom is -0.479 e. The van der Waals surface area contributed by atoms with Gasteiger partial charge in [-0.15, -0.1) is 0 Å². The number of hydrogen-bond acceptors (Lipinski definition) is 10. The Kier molecular flexibility index (Phi) is 32.7. The average Bonchev–Trinajstić information content (AvgIpc) is 3.18. The lowest BCUT2D eigenvalue weighted by atomic mass is 9.99. The summed E-state index contributed by atoms with van der Waals surface area (Å²) >= 11 is 0. The van der Waals surface area contributed by atoms with Crippen LogP contribution in [0.1, 0.15) is 181 Å². The Hall–Kier alpha value is -2.57. The van der Waals surface area contributed by atoms with Crippen molar-refractivity contribution in [3.63, 3.8) is 0 Å². The number of unbranched alkanes of at least 4 members (excludes halogenated alkanes) is 19. The second-order valence-electron chi connectivity index (χ2n) is 15.2. The predicted molar refractivity (Wildman–Crippen MR) is 220 cm³/mol. The van der Waals surface area contributed by atoms with Crippen molar-refractivity contribution in [3.05, 3.63) is 36.5 Å². The first-order chi connectivity index (χ1) is 27.2. The van der Waals surface area contributed by atoms with Crippen molar-refractivity contribution < 1.29 is 53.8 Å². The smallest absolute Gasteiger partial charge is 0.335 e. The van der Waals surface area contributed by atoms with Crippen molar-refractivity contribution in [2.45, 2.75) is 218 Å². The Bertz CT molecular complexity index is 1070. The molecule has 0 amide bonds. The summed E-state index contributed by atoms with van der Waals surface area (Å²) in [4.78, 5) is 36.8. The monoisotopic (exact) mass is 795 g/mol. The number of esters is 2. The van der Waals surface area contributed by atoms with Crippen LogP contribution in [-0.2, 0) is 33.3 Å². The minimum atomic E-state index is -1.86. The molecule has 0 aromatic carbocycles. The van der Waals surface area contributed by atoms with E-state index in [1.54, 1.807) is 0 Å². The van der Waals surface area contributed by atoms with E-state index >= 15 is 0 Å². The van der Waals surface area contributed by atoms with Crippen LogP contribution >= 0.6 is 0 Å². The zero-order valence-corrected chi connectivity index (χ0v) is 34.9. The lowest BCUT2D eigenvalue weighted by Crippen LogP contribution is -2.60. The third-order valence-electron chi connectivity index (χ3n) is 9.96. The molecule has 1 saturated heterocycles. The summed E-state index contributed by atoms with van der Waals surface area (Å²) in [6, 6.07) is 0. The summed E-state index contributed by atoms with van der Waals surface area (Å²) in [6.07, 6.45) is 30.5. The molecule has 0 aromatic heterocycles. The van der Waals surface area contributed by atoms with E-state index < -0.39 is 61.3 Å². The molecule has 11 nitrogen and oxygen atoms in total. The lowest BCUT2D eigenvalue weighted by molar-refractivity contribution is -0.298. The van der Waals surface area contributed by atoms with Gasteiger partial charge in [0.15, 0.2) is 18.5 Å². The van der Waals surface area contributed by atoms with Crippen LogP contribution in [0.2, 0.25) is 0 Å². The second kappa shape index (κ2) is 35.6. The van der Waals surface area contributed by atoms with Gasteiger partial charge in [-0.05, 0) is 70.6 Å². The number of rotatable bonds is 36. The van der Waals surface area contributed by atoms with Gasteiger partial charge in [-0.3, -0.25) is 9.59 Å². The molecule has 1 aliphatic rings. The van der Waals surface area contributed by atoms with E-state index in [0.717, 1.165) is 83.5 Å². The molecule has 0 radical (unpaired) electrons. The van der Waals surface area contributed by atoms with Crippen molar-refractivity contribution in [1.29, 1.82) is 0 Å². The average molecular weight is 795 g/mol. The zero-order chi connectivity index (χ0) is 41.1. The van der Waals surface area contributed by atoms with Gasteiger partial charge in [-0.1, -0.05) is 134 Å². The fraction of sp³-hybridized carbons (Fsp3) is 0.800. The molecule has 56 heavy (non-hydrogen) atoms. The standard InChI is InChI=1S/C45H78O11/c1-3-5-7-9-11-13-15-17-19-20-22-23-25-27-29-31-33-38(46)53-35-37(36-54-45-42(50)40(48)41(49)43(56-45)44(51)52)55-39(47)34-32-30-28-26-24-21-18-16-14-12-10-8-6-4-2/h13,15-16,18-20,37,40-43,45,48-50H,3-12,14,17,21-36H2,1-2H3,(H,51,52)/b15-13-,18-16-,20-19-. The van der Waals surface area contributed by atoms with Crippen molar-refractivity contribution in [3.8, 4) is 0 Å². The highest BCUT2D eigenvalue weighted by molar-refractivity contribution is 5.73. The van der Waals surface area contributed by atoms with Gasteiger partial charge in [0.25, 0.3) is 0 Å². The fourth-order valence-corrected chi connectivity index (χ4v) is 6.43. The number of carbonyl (C=O) groups is 3. The van der Waals surface area contributed by atoms with E-state index in [1.165, 1.54) is 57.8 Å². The topological polar surface area (TPSA) is 169 Å². The number of aliphatic hydroxyl groups excluding tert-OH is 3. The second-order valence-corrected chi connectivity index (χ2v) is 15.2. The molecule has 0 aromatic rings. The number of carboxylic acids is 1. The Labute approximate surface area is 338 Å². The quantitative estimate of drug-likeness (QED) is 0.0271. The van der Waals surface area contributed by atoms with Crippen molar-refractivity contribution in [1.82, 2.24) is 0 Å². The number of carbonyl (C=O) groups excluding carboxylic acids is 2. The summed E-state index contributed by atoms with van der Waals surface area (Å²) in [5.74, 6) is -2.47. The van der Waals surface area contributed by atoms with Crippen LogP contribution in [0.4, 0.5) is 0 Å². The molecular formula is C45H78O11. The van der Waals surface area contributed by atoms with Crippen LogP contribution in [0.3, 0.4) is 0 Å². The van der Waals surface area contributed by atoms with Crippen molar-refractivity contribution in [2.24, 2.45) is 0 Å². The first-order valence-corrected chi connectivity index (χ1v) is 22.0. The molecule has 6 atom stereocenters. The minimum absolute atomic E-state index is 0.170. The van der Waals surface area contributed by atoms with Gasteiger partial charge in [-0.25, -0.2) is 4.79 Å². The van der Waals surface area contributed by atoms with Gasteiger partial charge in [-0.2, -0.15) is 0 Å². The Morgan fingerprint density at radius 2 is 1.00 bits per heavy atom. The van der Waals surface area contributed by atoms with Crippen LogP contribution in [0.15, 0.2) is 36.5 Å². The van der Waals surface area contributed by atoms with Gasteiger partial charge in [0.2, 0.25) is 0 Å². The number of carboxylic acid groups (broad SMARTS) is 1. The summed E-state index contributed by atoms with van der Waals surface area (Å²) in [7, 11) is 0. The molecule has 0 bridgehead atoms. The van der Waals surface area contributed by atoms with Crippen LogP contribution in [0.5, 0.6) is 0 Å². The maximum absolute atomic E-state index is 12.7. The molecule has 0 saturated carbocycles.